The standard InChI is InChI=1S/C20H24N4O4/c1-27-16-7-6-15(13-17(16)28-2)14-22-19(25)20(26)24-11-9-23(10-12-24)18-5-3-4-8-21-18/h3-8,13H,9-12,14H2,1-2H3,(H,22,25). The molecule has 0 aliphatic carbocycles. The highest BCUT2D eigenvalue weighted by atomic mass is 16.5. The van der Waals surface area contributed by atoms with Crippen LogP contribution in [-0.4, -0.2) is 62.1 Å². The summed E-state index contributed by atoms with van der Waals surface area (Å²) in [6.45, 7) is 2.49. The van der Waals surface area contributed by atoms with E-state index in [9.17, 15) is 9.59 Å². The Balaban J connectivity index is 1.51. The van der Waals surface area contributed by atoms with Crippen LogP contribution in [0.3, 0.4) is 0 Å². The van der Waals surface area contributed by atoms with E-state index in [0.717, 1.165) is 11.4 Å². The maximum atomic E-state index is 12.4. The molecule has 1 saturated heterocycles. The van der Waals surface area contributed by atoms with Gasteiger partial charge < -0.3 is 24.6 Å². The second kappa shape index (κ2) is 9.07. The molecule has 2 amide bonds. The highest BCUT2D eigenvalue weighted by molar-refractivity contribution is 6.35. The van der Waals surface area contributed by atoms with Gasteiger partial charge in [0.2, 0.25) is 0 Å². The zero-order chi connectivity index (χ0) is 19.9. The predicted molar refractivity (Wildman–Crippen MR) is 104 cm³/mol. The average molecular weight is 384 g/mol. The number of aromatic nitrogens is 1. The number of benzene rings is 1. The molecule has 0 unspecified atom stereocenters. The molecule has 2 heterocycles. The minimum atomic E-state index is -0.610. The van der Waals surface area contributed by atoms with Crippen LogP contribution in [0.15, 0.2) is 42.6 Å². The van der Waals surface area contributed by atoms with Crippen molar-refractivity contribution in [3.05, 3.63) is 48.2 Å². The van der Waals surface area contributed by atoms with Gasteiger partial charge >= 0.3 is 11.8 Å². The lowest BCUT2D eigenvalue weighted by Crippen LogP contribution is -2.52. The van der Waals surface area contributed by atoms with Crippen LogP contribution in [0.25, 0.3) is 0 Å². The van der Waals surface area contributed by atoms with Crippen molar-refractivity contribution in [3.8, 4) is 11.5 Å². The molecular weight excluding hydrogens is 360 g/mol. The van der Waals surface area contributed by atoms with Crippen molar-refractivity contribution in [1.82, 2.24) is 15.2 Å². The molecule has 1 fully saturated rings. The number of hydrogen-bond acceptors (Lipinski definition) is 6. The molecule has 0 bridgehead atoms. The zero-order valence-corrected chi connectivity index (χ0v) is 16.1. The summed E-state index contributed by atoms with van der Waals surface area (Å²) >= 11 is 0. The normalized spacial score (nSPS) is 13.8. The molecule has 1 aromatic carbocycles. The van der Waals surface area contributed by atoms with E-state index in [-0.39, 0.29) is 6.54 Å². The monoisotopic (exact) mass is 384 g/mol. The highest BCUT2D eigenvalue weighted by Gasteiger charge is 2.26. The Morgan fingerprint density at radius 1 is 1.04 bits per heavy atom. The van der Waals surface area contributed by atoms with Crippen LogP contribution >= 0.6 is 0 Å². The number of carbonyl (C=O) groups is 2. The van der Waals surface area contributed by atoms with Crippen LogP contribution in [0.1, 0.15) is 5.56 Å². The van der Waals surface area contributed by atoms with E-state index < -0.39 is 11.8 Å². The lowest BCUT2D eigenvalue weighted by molar-refractivity contribution is -0.146. The number of piperazine rings is 1. The van der Waals surface area contributed by atoms with Gasteiger partial charge in [-0.05, 0) is 29.8 Å². The quantitative estimate of drug-likeness (QED) is 0.777. The number of nitrogens with one attached hydrogen (secondary N) is 1. The lowest BCUT2D eigenvalue weighted by Gasteiger charge is -2.35. The molecule has 1 aromatic heterocycles. The van der Waals surface area contributed by atoms with E-state index in [1.165, 1.54) is 0 Å². The smallest absolute Gasteiger partial charge is 0.312 e. The Bertz CT molecular complexity index is 820. The van der Waals surface area contributed by atoms with Gasteiger partial charge in [-0.1, -0.05) is 12.1 Å². The minimum Gasteiger partial charge on any atom is -0.493 e. The molecule has 148 valence electrons. The molecule has 8 heteroatoms. The van der Waals surface area contributed by atoms with Crippen molar-refractivity contribution in [2.45, 2.75) is 6.54 Å². The number of nitrogens with zero attached hydrogens (tertiary/aromatic N) is 3. The molecule has 8 nitrogen and oxygen atoms in total. The van der Waals surface area contributed by atoms with E-state index in [0.29, 0.717) is 37.7 Å². The second-order valence-corrected chi connectivity index (χ2v) is 6.34. The summed E-state index contributed by atoms with van der Waals surface area (Å²) in [5.41, 5.74) is 0.818. The van der Waals surface area contributed by atoms with Crippen molar-refractivity contribution in [2.75, 3.05) is 45.3 Å². The average Bonchev–Trinajstić information content (AvgIpc) is 2.77. The van der Waals surface area contributed by atoms with Crippen LogP contribution in [0.4, 0.5) is 5.82 Å². The van der Waals surface area contributed by atoms with Gasteiger partial charge in [-0.2, -0.15) is 0 Å². The van der Waals surface area contributed by atoms with E-state index in [1.54, 1.807) is 37.4 Å². The Labute approximate surface area is 164 Å². The van der Waals surface area contributed by atoms with Crippen LogP contribution in [-0.2, 0) is 16.1 Å². The first-order valence-electron chi connectivity index (χ1n) is 9.06. The van der Waals surface area contributed by atoms with Crippen molar-refractivity contribution in [3.63, 3.8) is 0 Å². The molecule has 0 radical (unpaired) electrons. The van der Waals surface area contributed by atoms with Gasteiger partial charge in [-0.3, -0.25) is 9.59 Å². The van der Waals surface area contributed by atoms with Gasteiger partial charge in [-0.25, -0.2) is 4.98 Å². The number of amides is 2. The summed E-state index contributed by atoms with van der Waals surface area (Å²) < 4.78 is 10.4. The summed E-state index contributed by atoms with van der Waals surface area (Å²) in [5, 5.41) is 2.68. The van der Waals surface area contributed by atoms with E-state index in [4.69, 9.17) is 9.47 Å². The highest BCUT2D eigenvalue weighted by Crippen LogP contribution is 2.27. The van der Waals surface area contributed by atoms with Crippen LogP contribution < -0.4 is 19.7 Å². The van der Waals surface area contributed by atoms with E-state index in [1.807, 2.05) is 24.3 Å². The van der Waals surface area contributed by atoms with Crippen molar-refractivity contribution in [1.29, 1.82) is 0 Å². The van der Waals surface area contributed by atoms with Gasteiger partial charge in [0, 0.05) is 38.9 Å². The summed E-state index contributed by atoms with van der Waals surface area (Å²) in [4.78, 5) is 32.7. The SMILES string of the molecule is COc1ccc(CNC(=O)C(=O)N2CCN(c3ccccn3)CC2)cc1OC. The predicted octanol–water partition coefficient (Wildman–Crippen LogP) is 1.06. The van der Waals surface area contributed by atoms with Gasteiger partial charge in [0.1, 0.15) is 5.82 Å². The fraction of sp³-hybridized carbons (Fsp3) is 0.350. The molecule has 28 heavy (non-hydrogen) atoms. The van der Waals surface area contributed by atoms with Crippen LogP contribution in [0.2, 0.25) is 0 Å². The lowest BCUT2D eigenvalue weighted by atomic mass is 10.2. The van der Waals surface area contributed by atoms with Gasteiger partial charge in [0.25, 0.3) is 0 Å². The zero-order valence-electron chi connectivity index (χ0n) is 16.1. The largest absolute Gasteiger partial charge is 0.493 e. The van der Waals surface area contributed by atoms with Crippen molar-refractivity contribution in [2.24, 2.45) is 0 Å². The number of methoxy groups -OCH3 is 2. The molecular formula is C20H24N4O4. The van der Waals surface area contributed by atoms with E-state index in [2.05, 4.69) is 15.2 Å². The topological polar surface area (TPSA) is 84.0 Å². The second-order valence-electron chi connectivity index (χ2n) is 6.34. The Hall–Kier alpha value is -3.29. The molecule has 3 rings (SSSR count). The molecule has 1 N–H and O–H groups in total. The minimum absolute atomic E-state index is 0.235. The number of hydrogen-bond donors (Lipinski definition) is 1. The van der Waals surface area contributed by atoms with Crippen LogP contribution in [0.5, 0.6) is 11.5 Å². The molecule has 1 aliphatic rings. The van der Waals surface area contributed by atoms with Crippen LogP contribution in [0, 0.1) is 0 Å². The third-order valence-corrected chi connectivity index (χ3v) is 4.64. The molecule has 0 spiro atoms. The van der Waals surface area contributed by atoms with Gasteiger partial charge in [0.15, 0.2) is 11.5 Å². The summed E-state index contributed by atoms with van der Waals surface area (Å²) in [7, 11) is 3.11. The van der Waals surface area contributed by atoms with Crippen molar-refractivity contribution < 1.29 is 19.1 Å². The van der Waals surface area contributed by atoms with Gasteiger partial charge in [-0.15, -0.1) is 0 Å². The molecule has 0 atom stereocenters. The molecule has 1 aliphatic heterocycles. The first kappa shape index (κ1) is 19.5. The first-order chi connectivity index (χ1) is 13.6. The third kappa shape index (κ3) is 4.51. The maximum absolute atomic E-state index is 12.4. The Morgan fingerprint density at radius 2 is 1.79 bits per heavy atom. The number of anilines is 1. The Kier molecular flexibility index (Phi) is 6.31. The van der Waals surface area contributed by atoms with Crippen molar-refractivity contribution >= 4 is 17.6 Å². The van der Waals surface area contributed by atoms with E-state index >= 15 is 0 Å². The number of carbonyl (C=O) groups excluding carboxylic acids is 2. The van der Waals surface area contributed by atoms with Gasteiger partial charge in [0.05, 0.1) is 14.2 Å². The summed E-state index contributed by atoms with van der Waals surface area (Å²) in [6, 6.07) is 11.1. The molecule has 0 saturated carbocycles. The fourth-order valence-electron chi connectivity index (χ4n) is 3.07. The number of pyridine rings is 1. The summed E-state index contributed by atoms with van der Waals surface area (Å²) in [5.74, 6) is 0.945. The summed E-state index contributed by atoms with van der Waals surface area (Å²) in [6.07, 6.45) is 1.74. The number of ether oxygens (including phenoxy) is 2. The maximum Gasteiger partial charge on any atom is 0.312 e. The molecule has 2 aromatic rings. The third-order valence-electron chi connectivity index (χ3n) is 4.64. The Morgan fingerprint density at radius 3 is 2.43 bits per heavy atom. The fourth-order valence-corrected chi connectivity index (χ4v) is 3.07. The number of rotatable bonds is 5. The first-order valence-corrected chi connectivity index (χ1v) is 9.06.